The smallest absolute Gasteiger partial charge is 0.330 e. The van der Waals surface area contributed by atoms with Gasteiger partial charge in [0.15, 0.2) is 0 Å². The first-order chi connectivity index (χ1) is 8.41. The van der Waals surface area contributed by atoms with Gasteiger partial charge in [-0.15, -0.1) is 0 Å². The van der Waals surface area contributed by atoms with E-state index in [1.807, 2.05) is 0 Å². The fraction of sp³-hybridized carbons (Fsp3) is 0.273. The second-order valence-corrected chi connectivity index (χ2v) is 3.78. The molecule has 7 heteroatoms. The van der Waals surface area contributed by atoms with Crippen molar-refractivity contribution in [3.8, 4) is 0 Å². The number of aromatic nitrogens is 2. The number of alkyl halides is 3. The summed E-state index contributed by atoms with van der Waals surface area (Å²) in [7, 11) is 0. The number of nitrogens with zero attached hydrogens (tertiary/aromatic N) is 1. The number of aromatic amines is 1. The molecule has 0 saturated carbocycles. The lowest BCUT2D eigenvalue weighted by Crippen LogP contribution is -2.16. The number of fused-ring (bicyclic) bond motifs is 1. The predicted octanol–water partition coefficient (Wildman–Crippen LogP) is 1.44. The van der Waals surface area contributed by atoms with E-state index in [-0.39, 0.29) is 10.9 Å². The lowest BCUT2D eigenvalue weighted by atomic mass is 10.1. The molecule has 0 amide bonds. The quantitative estimate of drug-likeness (QED) is 0.855. The van der Waals surface area contributed by atoms with Gasteiger partial charge in [0, 0.05) is 6.42 Å². The Labute approximate surface area is 99.6 Å². The van der Waals surface area contributed by atoms with Crippen LogP contribution in [0.25, 0.3) is 10.9 Å². The van der Waals surface area contributed by atoms with Crippen LogP contribution >= 0.6 is 0 Å². The third kappa shape index (κ3) is 2.35. The van der Waals surface area contributed by atoms with Crippen LogP contribution in [-0.4, -0.2) is 16.5 Å². The van der Waals surface area contributed by atoms with Crippen LogP contribution in [0, 0.1) is 0 Å². The number of halogens is 3. The Hall–Kier alpha value is -1.89. The van der Waals surface area contributed by atoms with E-state index in [1.54, 1.807) is 0 Å². The van der Waals surface area contributed by atoms with Gasteiger partial charge in [0.05, 0.1) is 16.5 Å². The van der Waals surface area contributed by atoms with E-state index in [0.717, 1.165) is 12.1 Å². The summed E-state index contributed by atoms with van der Waals surface area (Å²) >= 11 is 0. The fourth-order valence-corrected chi connectivity index (χ4v) is 1.62. The van der Waals surface area contributed by atoms with Gasteiger partial charge in [-0.05, 0) is 24.7 Å². The highest BCUT2D eigenvalue weighted by Crippen LogP contribution is 2.30. The standard InChI is InChI=1S/C11H10F3N3O/c12-11(13,14)6-1-2-8-7(5-6)10(18)17-9(16-8)3-4-15/h1-2,5H,3-4,15H2,(H,16,17,18). The maximum absolute atomic E-state index is 12.5. The molecule has 0 fully saturated rings. The molecule has 2 rings (SSSR count). The second-order valence-electron chi connectivity index (χ2n) is 3.78. The Balaban J connectivity index is 2.62. The normalized spacial score (nSPS) is 12.0. The zero-order chi connectivity index (χ0) is 13.3. The van der Waals surface area contributed by atoms with Crippen molar-refractivity contribution in [1.82, 2.24) is 9.97 Å². The van der Waals surface area contributed by atoms with Crippen LogP contribution in [0.4, 0.5) is 13.2 Å². The molecule has 0 spiro atoms. The molecule has 1 heterocycles. The monoisotopic (exact) mass is 257 g/mol. The number of hydrogen-bond acceptors (Lipinski definition) is 3. The first-order valence-electron chi connectivity index (χ1n) is 5.22. The Kier molecular flexibility index (Phi) is 3.08. The molecule has 1 aromatic heterocycles. The fourth-order valence-electron chi connectivity index (χ4n) is 1.62. The molecule has 2 aromatic rings. The number of nitrogens with two attached hydrogens (primary N) is 1. The Bertz CT molecular complexity index is 633. The van der Waals surface area contributed by atoms with Gasteiger partial charge in [0.25, 0.3) is 5.56 Å². The van der Waals surface area contributed by atoms with E-state index in [4.69, 9.17) is 5.73 Å². The minimum absolute atomic E-state index is 0.0782. The maximum atomic E-state index is 12.5. The zero-order valence-corrected chi connectivity index (χ0v) is 9.21. The molecular weight excluding hydrogens is 247 g/mol. The summed E-state index contributed by atoms with van der Waals surface area (Å²) < 4.78 is 37.5. The van der Waals surface area contributed by atoms with Gasteiger partial charge in [-0.1, -0.05) is 0 Å². The van der Waals surface area contributed by atoms with Crippen LogP contribution in [0.2, 0.25) is 0 Å². The van der Waals surface area contributed by atoms with Gasteiger partial charge in [-0.3, -0.25) is 4.79 Å². The van der Waals surface area contributed by atoms with Gasteiger partial charge in [0.1, 0.15) is 5.82 Å². The first-order valence-corrected chi connectivity index (χ1v) is 5.22. The van der Waals surface area contributed by atoms with Crippen LogP contribution in [0.5, 0.6) is 0 Å². The molecule has 0 radical (unpaired) electrons. The van der Waals surface area contributed by atoms with Crippen LogP contribution in [-0.2, 0) is 12.6 Å². The molecular formula is C11H10F3N3O. The molecule has 0 aliphatic heterocycles. The second kappa shape index (κ2) is 4.41. The van der Waals surface area contributed by atoms with Crippen molar-refractivity contribution in [3.63, 3.8) is 0 Å². The summed E-state index contributed by atoms with van der Waals surface area (Å²) in [6.45, 7) is 0.301. The largest absolute Gasteiger partial charge is 0.416 e. The highest BCUT2D eigenvalue weighted by atomic mass is 19.4. The van der Waals surface area contributed by atoms with Crippen molar-refractivity contribution < 1.29 is 13.2 Å². The van der Waals surface area contributed by atoms with E-state index in [2.05, 4.69) is 9.97 Å². The highest BCUT2D eigenvalue weighted by molar-refractivity contribution is 5.78. The molecule has 0 unspecified atom stereocenters. The van der Waals surface area contributed by atoms with E-state index in [9.17, 15) is 18.0 Å². The summed E-state index contributed by atoms with van der Waals surface area (Å²) in [5.41, 5.74) is 4.10. The molecule has 0 saturated heterocycles. The molecule has 0 bridgehead atoms. The van der Waals surface area contributed by atoms with Crippen molar-refractivity contribution in [3.05, 3.63) is 39.9 Å². The Morgan fingerprint density at radius 2 is 2.06 bits per heavy atom. The highest BCUT2D eigenvalue weighted by Gasteiger charge is 2.30. The Morgan fingerprint density at radius 3 is 2.67 bits per heavy atom. The van der Waals surface area contributed by atoms with Gasteiger partial charge in [-0.25, -0.2) is 4.98 Å². The van der Waals surface area contributed by atoms with E-state index < -0.39 is 17.3 Å². The number of nitrogens with one attached hydrogen (secondary N) is 1. The number of rotatable bonds is 2. The molecule has 0 aliphatic rings. The van der Waals surface area contributed by atoms with Crippen molar-refractivity contribution >= 4 is 10.9 Å². The number of hydrogen-bond donors (Lipinski definition) is 2. The van der Waals surface area contributed by atoms with Crippen molar-refractivity contribution in [2.45, 2.75) is 12.6 Å². The Morgan fingerprint density at radius 1 is 1.33 bits per heavy atom. The van der Waals surface area contributed by atoms with Crippen molar-refractivity contribution in [2.75, 3.05) is 6.54 Å². The van der Waals surface area contributed by atoms with Crippen molar-refractivity contribution in [2.24, 2.45) is 5.73 Å². The summed E-state index contributed by atoms with van der Waals surface area (Å²) in [5, 5.41) is -0.0782. The summed E-state index contributed by atoms with van der Waals surface area (Å²) in [4.78, 5) is 18.1. The molecule has 18 heavy (non-hydrogen) atoms. The van der Waals surface area contributed by atoms with Gasteiger partial charge in [0.2, 0.25) is 0 Å². The zero-order valence-electron chi connectivity index (χ0n) is 9.21. The lowest BCUT2D eigenvalue weighted by Gasteiger charge is -2.07. The van der Waals surface area contributed by atoms with Gasteiger partial charge >= 0.3 is 6.18 Å². The van der Waals surface area contributed by atoms with E-state index in [0.29, 0.717) is 18.8 Å². The van der Waals surface area contributed by atoms with E-state index in [1.165, 1.54) is 6.07 Å². The molecule has 0 atom stereocenters. The topological polar surface area (TPSA) is 71.8 Å². The van der Waals surface area contributed by atoms with Crippen molar-refractivity contribution in [1.29, 1.82) is 0 Å². The molecule has 4 nitrogen and oxygen atoms in total. The van der Waals surface area contributed by atoms with Crippen LogP contribution in [0.3, 0.4) is 0 Å². The first kappa shape index (κ1) is 12.6. The summed E-state index contributed by atoms with van der Waals surface area (Å²) in [6.07, 6.45) is -4.11. The summed E-state index contributed by atoms with van der Waals surface area (Å²) in [6, 6.07) is 2.89. The molecule has 3 N–H and O–H groups in total. The minimum Gasteiger partial charge on any atom is -0.330 e. The van der Waals surface area contributed by atoms with Crippen LogP contribution in [0.1, 0.15) is 11.4 Å². The maximum Gasteiger partial charge on any atom is 0.416 e. The lowest BCUT2D eigenvalue weighted by molar-refractivity contribution is -0.137. The molecule has 1 aromatic carbocycles. The van der Waals surface area contributed by atoms with Crippen LogP contribution in [0.15, 0.2) is 23.0 Å². The third-order valence-corrected chi connectivity index (χ3v) is 2.46. The minimum atomic E-state index is -4.48. The SMILES string of the molecule is NCCc1nc2ccc(C(F)(F)F)cc2c(=O)[nH]1. The molecule has 96 valence electrons. The third-order valence-electron chi connectivity index (χ3n) is 2.46. The number of H-pyrrole nitrogens is 1. The molecule has 0 aliphatic carbocycles. The summed E-state index contributed by atoms with van der Waals surface area (Å²) in [5.74, 6) is 0.370. The average Bonchev–Trinajstić information content (AvgIpc) is 2.27. The number of benzene rings is 1. The van der Waals surface area contributed by atoms with Gasteiger partial charge in [-0.2, -0.15) is 13.2 Å². The van der Waals surface area contributed by atoms with Crippen LogP contribution < -0.4 is 11.3 Å². The predicted molar refractivity (Wildman–Crippen MR) is 60.1 cm³/mol. The average molecular weight is 257 g/mol. The van der Waals surface area contributed by atoms with E-state index >= 15 is 0 Å². The van der Waals surface area contributed by atoms with Gasteiger partial charge < -0.3 is 10.7 Å².